The van der Waals surface area contributed by atoms with Gasteiger partial charge in [-0.3, -0.25) is 9.78 Å². The minimum atomic E-state index is -0.650. The molecule has 0 bridgehead atoms. The summed E-state index contributed by atoms with van der Waals surface area (Å²) in [5, 5.41) is 10.7. The molecule has 0 radical (unpaired) electrons. The number of hydrogen-bond donors (Lipinski definition) is 1. The van der Waals surface area contributed by atoms with E-state index in [4.69, 9.17) is 27.9 Å². The summed E-state index contributed by atoms with van der Waals surface area (Å²) in [4.78, 5) is 21.0. The molecular weight excluding hydrogens is 497 g/mol. The van der Waals surface area contributed by atoms with Crippen LogP contribution in [0.3, 0.4) is 0 Å². The third-order valence-electron chi connectivity index (χ3n) is 8.57. The van der Waals surface area contributed by atoms with Crippen LogP contribution in [0.1, 0.15) is 56.9 Å². The van der Waals surface area contributed by atoms with Gasteiger partial charge in [-0.05, 0) is 77.0 Å². The van der Waals surface area contributed by atoms with Gasteiger partial charge in [0.1, 0.15) is 11.9 Å². The summed E-state index contributed by atoms with van der Waals surface area (Å²) >= 11 is 12.4. The summed E-state index contributed by atoms with van der Waals surface area (Å²) in [5.74, 6) is 1.46. The highest BCUT2D eigenvalue weighted by Crippen LogP contribution is 2.45. The van der Waals surface area contributed by atoms with Crippen molar-refractivity contribution in [2.75, 3.05) is 31.1 Å². The molecule has 0 unspecified atom stereocenters. The van der Waals surface area contributed by atoms with Crippen LogP contribution in [-0.2, 0) is 4.79 Å². The van der Waals surface area contributed by atoms with E-state index in [2.05, 4.69) is 20.9 Å². The molecular formula is C28H35Cl2N3O3. The summed E-state index contributed by atoms with van der Waals surface area (Å²) in [6, 6.07) is 7.99. The number of carbonyl (C=O) groups is 1. The van der Waals surface area contributed by atoms with E-state index in [1.54, 1.807) is 6.07 Å². The van der Waals surface area contributed by atoms with Gasteiger partial charge < -0.3 is 19.6 Å². The number of benzene rings is 1. The number of halogens is 2. The number of nitrogens with zero attached hydrogens (tertiary/aromatic N) is 3. The van der Waals surface area contributed by atoms with Crippen LogP contribution in [0.5, 0.6) is 5.75 Å². The van der Waals surface area contributed by atoms with Gasteiger partial charge in [-0.2, -0.15) is 0 Å². The fourth-order valence-electron chi connectivity index (χ4n) is 6.07. The van der Waals surface area contributed by atoms with Crippen LogP contribution < -0.4 is 9.64 Å². The van der Waals surface area contributed by atoms with Gasteiger partial charge >= 0.3 is 5.97 Å². The van der Waals surface area contributed by atoms with Gasteiger partial charge in [0.15, 0.2) is 0 Å². The number of rotatable bonds is 7. The summed E-state index contributed by atoms with van der Waals surface area (Å²) in [5.41, 5.74) is 2.31. The van der Waals surface area contributed by atoms with Gasteiger partial charge in [0, 0.05) is 47.4 Å². The van der Waals surface area contributed by atoms with E-state index in [1.807, 2.05) is 39.1 Å². The molecule has 1 aliphatic carbocycles. The van der Waals surface area contributed by atoms with Crippen LogP contribution in [0.2, 0.25) is 10.0 Å². The molecule has 5 rings (SSSR count). The lowest BCUT2D eigenvalue weighted by molar-refractivity contribution is -0.158. The zero-order chi connectivity index (χ0) is 25.6. The monoisotopic (exact) mass is 531 g/mol. The van der Waals surface area contributed by atoms with Gasteiger partial charge in [-0.15, -0.1) is 0 Å². The number of hydrogen-bond acceptors (Lipinski definition) is 5. The predicted octanol–water partition coefficient (Wildman–Crippen LogP) is 6.24. The molecule has 1 aromatic heterocycles. The Morgan fingerprint density at radius 2 is 1.94 bits per heavy atom. The topological polar surface area (TPSA) is 65.9 Å². The molecule has 1 aromatic carbocycles. The predicted molar refractivity (Wildman–Crippen MR) is 143 cm³/mol. The number of piperidine rings is 1. The Labute approximate surface area is 223 Å². The number of carboxylic acids is 1. The second-order valence-corrected chi connectivity index (χ2v) is 12.0. The van der Waals surface area contributed by atoms with Crippen LogP contribution >= 0.6 is 23.2 Å². The molecule has 36 heavy (non-hydrogen) atoms. The Kier molecular flexibility index (Phi) is 7.14. The fraction of sp³-hybridized carbons (Fsp3) is 0.571. The van der Waals surface area contributed by atoms with Crippen LogP contribution in [0, 0.1) is 24.2 Å². The number of likely N-dealkylation sites (tertiary alicyclic amines) is 1. The quantitative estimate of drug-likeness (QED) is 0.456. The molecule has 1 saturated carbocycles. The highest BCUT2D eigenvalue weighted by atomic mass is 35.5. The molecule has 0 amide bonds. The first-order chi connectivity index (χ1) is 17.1. The Morgan fingerprint density at radius 3 is 2.64 bits per heavy atom. The largest absolute Gasteiger partial charge is 0.484 e. The maximum absolute atomic E-state index is 11.5. The number of aryl methyl sites for hydroxylation is 1. The van der Waals surface area contributed by atoms with Crippen molar-refractivity contribution < 1.29 is 14.6 Å². The van der Waals surface area contributed by atoms with E-state index in [0.717, 1.165) is 61.7 Å². The van der Waals surface area contributed by atoms with E-state index < -0.39 is 11.4 Å². The molecule has 3 fully saturated rings. The van der Waals surface area contributed by atoms with Gasteiger partial charge in [-0.25, -0.2) is 0 Å². The Balaban J connectivity index is 1.17. The molecule has 194 valence electrons. The van der Waals surface area contributed by atoms with Gasteiger partial charge in [-0.1, -0.05) is 29.3 Å². The molecule has 2 aromatic rings. The van der Waals surface area contributed by atoms with Gasteiger partial charge in [0.25, 0.3) is 0 Å². The number of anilines is 1. The maximum Gasteiger partial charge on any atom is 0.309 e. The molecule has 6 nitrogen and oxygen atoms in total. The molecule has 1 N–H and O–H groups in total. The standard InChI is InChI=1S/C28H35Cl2N3O3/c1-17-26(36-18(2)24-7-6-21(29)9-25(24)30)10-22(13-31-17)33-15-20(16-33)19-5-4-8-32(14-19)23-11-28(3,12-23)27(34)35/h6-7,9-10,13,18-20,23H,4-5,8,11-12,14-16H2,1-3H3,(H,34,35)/t18-,19+,23?,28?/m1/s1. The SMILES string of the molecule is Cc1ncc(N2CC([C@H]3CCCN(C4CC(C)(C(=O)O)C4)C3)C2)cc1O[C@H](C)c1ccc(Cl)cc1Cl. The second-order valence-electron chi connectivity index (χ2n) is 11.2. The van der Waals surface area contributed by atoms with Crippen molar-refractivity contribution in [3.8, 4) is 5.75 Å². The van der Waals surface area contributed by atoms with Crippen molar-refractivity contribution in [2.45, 2.75) is 58.6 Å². The average molecular weight is 533 g/mol. The second kappa shape index (κ2) is 10.0. The van der Waals surface area contributed by atoms with Crippen molar-refractivity contribution in [2.24, 2.45) is 17.3 Å². The first-order valence-electron chi connectivity index (χ1n) is 12.9. The van der Waals surface area contributed by atoms with Crippen molar-refractivity contribution in [1.82, 2.24) is 9.88 Å². The van der Waals surface area contributed by atoms with E-state index in [1.165, 1.54) is 12.8 Å². The summed E-state index contributed by atoms with van der Waals surface area (Å²) in [7, 11) is 0. The zero-order valence-corrected chi connectivity index (χ0v) is 22.7. The average Bonchev–Trinajstić information content (AvgIpc) is 2.78. The number of ether oxygens (including phenoxy) is 1. The lowest BCUT2D eigenvalue weighted by Gasteiger charge is -2.52. The van der Waals surface area contributed by atoms with E-state index in [9.17, 15) is 9.90 Å². The summed E-state index contributed by atoms with van der Waals surface area (Å²) in [6.45, 7) is 10.1. The van der Waals surface area contributed by atoms with Crippen molar-refractivity contribution in [3.05, 3.63) is 51.8 Å². The molecule has 2 atom stereocenters. The minimum Gasteiger partial charge on any atom is -0.484 e. The third-order valence-corrected chi connectivity index (χ3v) is 9.13. The molecule has 8 heteroatoms. The Bertz CT molecular complexity index is 1130. The van der Waals surface area contributed by atoms with E-state index in [0.29, 0.717) is 27.9 Å². The molecule has 3 aliphatic rings. The van der Waals surface area contributed by atoms with E-state index in [-0.39, 0.29) is 6.10 Å². The lowest BCUT2D eigenvalue weighted by Crippen LogP contribution is -2.58. The van der Waals surface area contributed by atoms with Crippen LogP contribution in [0.15, 0.2) is 30.5 Å². The Morgan fingerprint density at radius 1 is 1.19 bits per heavy atom. The van der Waals surface area contributed by atoms with Crippen molar-refractivity contribution in [3.63, 3.8) is 0 Å². The van der Waals surface area contributed by atoms with Gasteiger partial charge in [0.2, 0.25) is 0 Å². The van der Waals surface area contributed by atoms with Crippen LogP contribution in [-0.4, -0.2) is 53.2 Å². The van der Waals surface area contributed by atoms with Crippen LogP contribution in [0.4, 0.5) is 5.69 Å². The summed E-state index contributed by atoms with van der Waals surface area (Å²) < 4.78 is 6.28. The zero-order valence-electron chi connectivity index (χ0n) is 21.2. The number of aliphatic carboxylic acids is 1. The van der Waals surface area contributed by atoms with Crippen molar-refractivity contribution in [1.29, 1.82) is 0 Å². The minimum absolute atomic E-state index is 0.225. The van der Waals surface area contributed by atoms with E-state index >= 15 is 0 Å². The maximum atomic E-state index is 11.5. The van der Waals surface area contributed by atoms with Crippen molar-refractivity contribution >= 4 is 34.9 Å². The lowest BCUT2D eigenvalue weighted by atomic mass is 9.65. The first kappa shape index (κ1) is 25.6. The molecule has 0 spiro atoms. The number of carboxylic acid groups (broad SMARTS) is 1. The highest BCUT2D eigenvalue weighted by Gasteiger charge is 2.49. The van der Waals surface area contributed by atoms with Crippen LogP contribution in [0.25, 0.3) is 0 Å². The highest BCUT2D eigenvalue weighted by molar-refractivity contribution is 6.35. The smallest absolute Gasteiger partial charge is 0.309 e. The molecule has 2 saturated heterocycles. The number of aromatic nitrogens is 1. The first-order valence-corrected chi connectivity index (χ1v) is 13.7. The summed E-state index contributed by atoms with van der Waals surface area (Å²) in [6.07, 6.45) is 5.74. The fourth-order valence-corrected chi connectivity index (χ4v) is 6.63. The van der Waals surface area contributed by atoms with Gasteiger partial charge in [0.05, 0.1) is 23.0 Å². The number of pyridine rings is 1. The Hall–Kier alpha value is -2.02. The molecule has 2 aliphatic heterocycles. The normalized spacial score (nSPS) is 27.8. The molecule has 3 heterocycles. The third kappa shape index (κ3) is 5.05.